The molecule has 0 aliphatic heterocycles. The maximum Gasteiger partial charge on any atom is 0.323 e. The summed E-state index contributed by atoms with van der Waals surface area (Å²) in [4.78, 5) is 38.4. The number of amides is 3. The van der Waals surface area contributed by atoms with Crippen molar-refractivity contribution in [3.8, 4) is 0 Å². The van der Waals surface area contributed by atoms with Crippen molar-refractivity contribution in [3.05, 3.63) is 24.3 Å². The van der Waals surface area contributed by atoms with E-state index in [-0.39, 0.29) is 5.54 Å². The highest BCUT2D eigenvalue weighted by atomic mass is 16.2. The molecule has 0 unspecified atom stereocenters. The molecule has 0 aromatic heterocycles. The molecule has 4 saturated carbocycles. The third-order valence-electron chi connectivity index (χ3n) is 6.28. The van der Waals surface area contributed by atoms with Crippen molar-refractivity contribution >= 4 is 29.1 Å². The molecular weight excluding hydrogens is 330 g/mol. The van der Waals surface area contributed by atoms with E-state index in [0.29, 0.717) is 29.1 Å². The number of carbonyl (C=O) groups is 3. The van der Waals surface area contributed by atoms with E-state index in [1.807, 2.05) is 0 Å². The summed E-state index contributed by atoms with van der Waals surface area (Å²) in [5.41, 5.74) is 6.30. The van der Waals surface area contributed by atoms with Crippen LogP contribution in [0, 0.1) is 17.8 Å². The normalized spacial score (nSPS) is 31.5. The number of nitrogens with zero attached hydrogens (tertiary/aromatic N) is 1. The van der Waals surface area contributed by atoms with E-state index >= 15 is 0 Å². The van der Waals surface area contributed by atoms with Gasteiger partial charge in [-0.15, -0.1) is 0 Å². The van der Waals surface area contributed by atoms with Crippen molar-refractivity contribution < 1.29 is 14.4 Å². The predicted octanol–water partition coefficient (Wildman–Crippen LogP) is 2.23. The molecule has 6 heteroatoms. The van der Waals surface area contributed by atoms with Crippen molar-refractivity contribution in [2.45, 2.75) is 51.0 Å². The number of nitrogen functional groups attached to an aromatic ring is 1. The standard InChI is InChI=1S/C20H25N3O3/c1-12(24)23(17-4-2-16(21)3-5-17)19(26)18(25)22-20-9-13-6-14(10-20)8-15(7-13)11-20/h2-5,13-15H,6-11,21H2,1H3,(H,22,25). The molecule has 0 saturated heterocycles. The van der Waals surface area contributed by atoms with Gasteiger partial charge in [0.2, 0.25) is 5.91 Å². The van der Waals surface area contributed by atoms with Gasteiger partial charge in [-0.25, -0.2) is 4.90 Å². The van der Waals surface area contributed by atoms with Gasteiger partial charge in [0.1, 0.15) is 0 Å². The highest BCUT2D eigenvalue weighted by Gasteiger charge is 2.52. The van der Waals surface area contributed by atoms with Crippen LogP contribution in [-0.2, 0) is 14.4 Å². The van der Waals surface area contributed by atoms with Crippen molar-refractivity contribution in [2.75, 3.05) is 10.6 Å². The number of benzene rings is 1. The van der Waals surface area contributed by atoms with Gasteiger partial charge in [-0.2, -0.15) is 0 Å². The Labute approximate surface area is 153 Å². The molecule has 4 aliphatic rings. The van der Waals surface area contributed by atoms with Crippen molar-refractivity contribution in [1.29, 1.82) is 0 Å². The molecule has 6 nitrogen and oxygen atoms in total. The van der Waals surface area contributed by atoms with Gasteiger partial charge in [-0.3, -0.25) is 14.4 Å². The third kappa shape index (κ3) is 2.97. The van der Waals surface area contributed by atoms with E-state index in [1.165, 1.54) is 26.2 Å². The van der Waals surface area contributed by atoms with Gasteiger partial charge in [0.05, 0.1) is 5.69 Å². The molecule has 0 atom stereocenters. The highest BCUT2D eigenvalue weighted by molar-refractivity contribution is 6.45. The number of nitrogens with one attached hydrogen (secondary N) is 1. The first-order chi connectivity index (χ1) is 12.3. The van der Waals surface area contributed by atoms with Crippen LogP contribution in [0.3, 0.4) is 0 Å². The van der Waals surface area contributed by atoms with Crippen LogP contribution in [0.25, 0.3) is 0 Å². The van der Waals surface area contributed by atoms with Gasteiger partial charge >= 0.3 is 11.8 Å². The van der Waals surface area contributed by atoms with Crippen LogP contribution >= 0.6 is 0 Å². The summed E-state index contributed by atoms with van der Waals surface area (Å²) < 4.78 is 0. The number of hydrogen-bond donors (Lipinski definition) is 2. The Bertz CT molecular complexity index is 721. The van der Waals surface area contributed by atoms with Crippen LogP contribution in [-0.4, -0.2) is 23.3 Å². The minimum absolute atomic E-state index is 0.259. The highest BCUT2D eigenvalue weighted by Crippen LogP contribution is 2.55. The lowest BCUT2D eigenvalue weighted by Gasteiger charge is -2.56. The first kappa shape index (κ1) is 17.1. The Balaban J connectivity index is 1.52. The number of anilines is 2. The maximum atomic E-state index is 12.8. The monoisotopic (exact) mass is 355 g/mol. The van der Waals surface area contributed by atoms with E-state index in [1.54, 1.807) is 24.3 Å². The zero-order chi connectivity index (χ0) is 18.5. The van der Waals surface area contributed by atoms with E-state index in [0.717, 1.165) is 24.2 Å². The minimum atomic E-state index is -0.821. The van der Waals surface area contributed by atoms with Crippen LogP contribution in [0.1, 0.15) is 45.4 Å². The average molecular weight is 355 g/mol. The molecule has 4 bridgehead atoms. The van der Waals surface area contributed by atoms with E-state index < -0.39 is 17.7 Å². The fraction of sp³-hybridized carbons (Fsp3) is 0.550. The van der Waals surface area contributed by atoms with Gasteiger partial charge in [-0.05, 0) is 80.5 Å². The zero-order valence-electron chi connectivity index (χ0n) is 15.0. The average Bonchev–Trinajstić information content (AvgIpc) is 2.54. The Morgan fingerprint density at radius 3 is 1.96 bits per heavy atom. The van der Waals surface area contributed by atoms with Crippen LogP contribution in [0.4, 0.5) is 11.4 Å². The second-order valence-electron chi connectivity index (χ2n) is 8.40. The van der Waals surface area contributed by atoms with Gasteiger partial charge in [0.15, 0.2) is 0 Å². The van der Waals surface area contributed by atoms with E-state index in [9.17, 15) is 14.4 Å². The van der Waals surface area contributed by atoms with Gasteiger partial charge < -0.3 is 11.1 Å². The summed E-state index contributed by atoms with van der Waals surface area (Å²) >= 11 is 0. The van der Waals surface area contributed by atoms with Crippen LogP contribution in [0.15, 0.2) is 24.3 Å². The van der Waals surface area contributed by atoms with Crippen LogP contribution in [0.2, 0.25) is 0 Å². The molecule has 3 N–H and O–H groups in total. The molecule has 4 aliphatic carbocycles. The van der Waals surface area contributed by atoms with E-state index in [4.69, 9.17) is 5.73 Å². The lowest BCUT2D eigenvalue weighted by Crippen LogP contribution is -2.62. The third-order valence-corrected chi connectivity index (χ3v) is 6.28. The summed E-state index contributed by atoms with van der Waals surface area (Å²) in [6, 6.07) is 6.37. The summed E-state index contributed by atoms with van der Waals surface area (Å²) in [5, 5.41) is 3.03. The quantitative estimate of drug-likeness (QED) is 0.628. The molecule has 5 rings (SSSR count). The summed E-state index contributed by atoms with van der Waals surface area (Å²) in [6.07, 6.45) is 6.65. The summed E-state index contributed by atoms with van der Waals surface area (Å²) in [5.74, 6) is 0.00501. The topological polar surface area (TPSA) is 92.5 Å². The Morgan fingerprint density at radius 2 is 1.50 bits per heavy atom. The molecule has 0 heterocycles. The predicted molar refractivity (Wildman–Crippen MR) is 98.1 cm³/mol. The molecule has 1 aromatic carbocycles. The molecule has 3 amide bonds. The number of imide groups is 1. The number of nitrogens with two attached hydrogens (primary N) is 1. The maximum absolute atomic E-state index is 12.8. The minimum Gasteiger partial charge on any atom is -0.399 e. The lowest BCUT2D eigenvalue weighted by atomic mass is 9.53. The van der Waals surface area contributed by atoms with Crippen molar-refractivity contribution in [1.82, 2.24) is 5.32 Å². The second kappa shape index (κ2) is 6.11. The van der Waals surface area contributed by atoms with Crippen LogP contribution < -0.4 is 16.0 Å². The Morgan fingerprint density at radius 1 is 1.00 bits per heavy atom. The smallest absolute Gasteiger partial charge is 0.323 e. The van der Waals surface area contributed by atoms with Gasteiger partial charge in [-0.1, -0.05) is 0 Å². The number of carbonyl (C=O) groups excluding carboxylic acids is 3. The summed E-state index contributed by atoms with van der Waals surface area (Å²) in [6.45, 7) is 1.28. The van der Waals surface area contributed by atoms with Crippen LogP contribution in [0.5, 0.6) is 0 Å². The first-order valence-electron chi connectivity index (χ1n) is 9.38. The number of hydrogen-bond acceptors (Lipinski definition) is 4. The molecule has 0 radical (unpaired) electrons. The molecule has 4 fully saturated rings. The SMILES string of the molecule is CC(=O)N(C(=O)C(=O)NC12CC3CC(CC(C3)C1)C2)c1ccc(N)cc1. The lowest BCUT2D eigenvalue weighted by molar-refractivity contribution is -0.142. The molecule has 1 aromatic rings. The molecule has 138 valence electrons. The Kier molecular flexibility index (Phi) is 4.01. The van der Waals surface area contributed by atoms with Gasteiger partial charge in [0, 0.05) is 18.2 Å². The number of rotatable bonds is 2. The Hall–Kier alpha value is -2.37. The van der Waals surface area contributed by atoms with Crippen molar-refractivity contribution in [2.24, 2.45) is 17.8 Å². The van der Waals surface area contributed by atoms with E-state index in [2.05, 4.69) is 5.32 Å². The van der Waals surface area contributed by atoms with Gasteiger partial charge in [0.25, 0.3) is 0 Å². The second-order valence-corrected chi connectivity index (χ2v) is 8.40. The molecule has 26 heavy (non-hydrogen) atoms. The summed E-state index contributed by atoms with van der Waals surface area (Å²) in [7, 11) is 0. The molecular formula is C20H25N3O3. The largest absolute Gasteiger partial charge is 0.399 e. The molecule has 0 spiro atoms. The fourth-order valence-corrected chi connectivity index (χ4v) is 5.73. The first-order valence-corrected chi connectivity index (χ1v) is 9.38. The fourth-order valence-electron chi connectivity index (χ4n) is 5.73. The zero-order valence-corrected chi connectivity index (χ0v) is 15.0. The van der Waals surface area contributed by atoms with Crippen molar-refractivity contribution in [3.63, 3.8) is 0 Å².